The first-order valence-corrected chi connectivity index (χ1v) is 6.82. The topological polar surface area (TPSA) is 37.3 Å². The van der Waals surface area contributed by atoms with Crippen LogP contribution in [0.2, 0.25) is 0 Å². The Balaban J connectivity index is 2.25. The summed E-state index contributed by atoms with van der Waals surface area (Å²) in [5.41, 5.74) is -1.11. The maximum Gasteiger partial charge on any atom is 0.177 e. The number of aliphatic hydroxyl groups is 1. The van der Waals surface area contributed by atoms with Gasteiger partial charge >= 0.3 is 0 Å². The Morgan fingerprint density at radius 3 is 2.40 bits per heavy atom. The highest BCUT2D eigenvalue weighted by Crippen LogP contribution is 2.76. The van der Waals surface area contributed by atoms with E-state index >= 15 is 0 Å². The Kier molecular flexibility index (Phi) is 2.38. The lowest BCUT2D eigenvalue weighted by Gasteiger charge is -2.31. The molecule has 0 aromatic heterocycles. The Labute approximate surface area is 119 Å². The van der Waals surface area contributed by atoms with Crippen molar-refractivity contribution in [3.05, 3.63) is 47.5 Å². The minimum atomic E-state index is -1.17. The van der Waals surface area contributed by atoms with E-state index in [1.807, 2.05) is 44.2 Å². The molecule has 102 valence electrons. The van der Waals surface area contributed by atoms with E-state index in [-0.39, 0.29) is 11.7 Å². The summed E-state index contributed by atoms with van der Waals surface area (Å²) in [5.74, 6) is 2.41. The molecule has 0 aliphatic heterocycles. The number of terminal acetylenes is 1. The molecular formula is C18H18O2. The molecule has 0 bridgehead atoms. The van der Waals surface area contributed by atoms with Crippen molar-refractivity contribution >= 4 is 5.78 Å². The number of benzene rings is 1. The van der Waals surface area contributed by atoms with Crippen molar-refractivity contribution in [2.45, 2.75) is 26.4 Å². The second-order valence-corrected chi connectivity index (χ2v) is 6.45. The van der Waals surface area contributed by atoms with Crippen molar-refractivity contribution in [1.29, 1.82) is 0 Å². The molecule has 0 radical (unpaired) electrons. The van der Waals surface area contributed by atoms with Crippen LogP contribution in [-0.2, 0) is 10.4 Å². The number of rotatable bonds is 1. The maximum atomic E-state index is 12.5. The average Bonchev–Trinajstić information content (AvgIpc) is 2.96. The molecule has 2 nitrogen and oxygen atoms in total. The van der Waals surface area contributed by atoms with Crippen LogP contribution in [0.25, 0.3) is 0 Å². The number of hydrogen-bond donors (Lipinski definition) is 1. The van der Waals surface area contributed by atoms with E-state index in [1.54, 1.807) is 13.0 Å². The van der Waals surface area contributed by atoms with Crippen molar-refractivity contribution in [3.8, 4) is 12.3 Å². The lowest BCUT2D eigenvalue weighted by molar-refractivity contribution is -0.121. The number of fused-ring (bicyclic) bond motifs is 1. The van der Waals surface area contributed by atoms with Gasteiger partial charge in [-0.25, -0.2) is 0 Å². The minimum Gasteiger partial charge on any atom is -0.381 e. The molecule has 3 rings (SSSR count). The lowest BCUT2D eigenvalue weighted by atomic mass is 9.76. The predicted octanol–water partition coefficient (Wildman–Crippen LogP) is 2.68. The molecule has 0 spiro atoms. The van der Waals surface area contributed by atoms with Gasteiger partial charge in [0.25, 0.3) is 0 Å². The zero-order valence-corrected chi connectivity index (χ0v) is 12.0. The van der Waals surface area contributed by atoms with Gasteiger partial charge in [-0.1, -0.05) is 50.1 Å². The first-order chi connectivity index (χ1) is 9.32. The summed E-state index contributed by atoms with van der Waals surface area (Å²) in [5, 5.41) is 11.2. The van der Waals surface area contributed by atoms with Crippen molar-refractivity contribution < 1.29 is 9.90 Å². The molecule has 0 amide bonds. The molecule has 1 aromatic rings. The van der Waals surface area contributed by atoms with Crippen LogP contribution < -0.4 is 0 Å². The van der Waals surface area contributed by atoms with Gasteiger partial charge in [0.05, 0.1) is 0 Å². The number of allylic oxidation sites excluding steroid dienone is 1. The van der Waals surface area contributed by atoms with Gasteiger partial charge in [0.2, 0.25) is 0 Å². The number of hydrogen-bond acceptors (Lipinski definition) is 2. The SMILES string of the molecule is C#CC12C(=O)C(C)=CC(O)(c3ccccc3)C1C2(C)C. The molecule has 3 unspecified atom stereocenters. The lowest BCUT2D eigenvalue weighted by Crippen LogP contribution is -2.36. The molecule has 1 saturated carbocycles. The van der Waals surface area contributed by atoms with Gasteiger partial charge < -0.3 is 5.11 Å². The molecule has 1 fully saturated rings. The van der Waals surface area contributed by atoms with Crippen molar-refractivity contribution in [1.82, 2.24) is 0 Å². The van der Waals surface area contributed by atoms with Crippen LogP contribution in [0.4, 0.5) is 0 Å². The first kappa shape index (κ1) is 13.1. The molecule has 1 N–H and O–H groups in total. The van der Waals surface area contributed by atoms with E-state index in [4.69, 9.17) is 6.42 Å². The van der Waals surface area contributed by atoms with E-state index in [1.165, 1.54) is 0 Å². The third kappa shape index (κ3) is 1.22. The van der Waals surface area contributed by atoms with Crippen molar-refractivity contribution in [2.75, 3.05) is 0 Å². The molecule has 3 atom stereocenters. The summed E-state index contributed by atoms with van der Waals surface area (Å²) < 4.78 is 0. The summed E-state index contributed by atoms with van der Waals surface area (Å²) in [6, 6.07) is 9.45. The molecule has 2 aliphatic carbocycles. The van der Waals surface area contributed by atoms with Crippen LogP contribution in [0.3, 0.4) is 0 Å². The molecule has 20 heavy (non-hydrogen) atoms. The summed E-state index contributed by atoms with van der Waals surface area (Å²) >= 11 is 0. The van der Waals surface area contributed by atoms with Crippen LogP contribution in [0.15, 0.2) is 42.0 Å². The zero-order chi connectivity index (χ0) is 14.8. The highest BCUT2D eigenvalue weighted by atomic mass is 16.3. The normalized spacial score (nSPS) is 37.6. The quantitative estimate of drug-likeness (QED) is 0.793. The molecule has 0 heterocycles. The molecule has 1 aromatic carbocycles. The summed E-state index contributed by atoms with van der Waals surface area (Å²) in [6.45, 7) is 5.67. The number of carbonyl (C=O) groups excluding carboxylic acids is 1. The zero-order valence-electron chi connectivity index (χ0n) is 12.0. The molecule has 0 saturated heterocycles. The van der Waals surface area contributed by atoms with Crippen molar-refractivity contribution in [3.63, 3.8) is 0 Å². The van der Waals surface area contributed by atoms with Crippen LogP contribution in [0, 0.1) is 29.1 Å². The molecule has 2 aliphatic rings. The van der Waals surface area contributed by atoms with E-state index in [9.17, 15) is 9.90 Å². The average molecular weight is 266 g/mol. The number of Topliss-reactive ketones (excluding diaryl/α,β-unsaturated/α-hetero) is 1. The fourth-order valence-electron chi connectivity index (χ4n) is 4.15. The molecule has 2 heteroatoms. The first-order valence-electron chi connectivity index (χ1n) is 6.82. The van der Waals surface area contributed by atoms with Crippen LogP contribution in [0.1, 0.15) is 26.3 Å². The second-order valence-electron chi connectivity index (χ2n) is 6.45. The maximum absolute atomic E-state index is 12.5. The van der Waals surface area contributed by atoms with Crippen LogP contribution in [-0.4, -0.2) is 10.9 Å². The van der Waals surface area contributed by atoms with Crippen LogP contribution >= 0.6 is 0 Å². The van der Waals surface area contributed by atoms with Gasteiger partial charge in [0.1, 0.15) is 11.0 Å². The molecular weight excluding hydrogens is 248 g/mol. The van der Waals surface area contributed by atoms with E-state index < -0.39 is 16.4 Å². The third-order valence-corrected chi connectivity index (χ3v) is 5.14. The Morgan fingerprint density at radius 2 is 1.85 bits per heavy atom. The third-order valence-electron chi connectivity index (χ3n) is 5.14. The monoisotopic (exact) mass is 266 g/mol. The van der Waals surface area contributed by atoms with Crippen LogP contribution in [0.5, 0.6) is 0 Å². The second kappa shape index (κ2) is 3.62. The van der Waals surface area contributed by atoms with Gasteiger partial charge in [-0.15, -0.1) is 6.42 Å². The largest absolute Gasteiger partial charge is 0.381 e. The van der Waals surface area contributed by atoms with E-state index in [0.717, 1.165) is 5.56 Å². The van der Waals surface area contributed by atoms with Gasteiger partial charge in [0, 0.05) is 5.92 Å². The fourth-order valence-corrected chi connectivity index (χ4v) is 4.15. The van der Waals surface area contributed by atoms with Gasteiger partial charge in [-0.05, 0) is 29.6 Å². The van der Waals surface area contributed by atoms with Crippen molar-refractivity contribution in [2.24, 2.45) is 16.7 Å². The summed E-state index contributed by atoms with van der Waals surface area (Å²) in [6.07, 6.45) is 7.38. The Bertz CT molecular complexity index is 662. The number of ketones is 1. The van der Waals surface area contributed by atoms with Gasteiger partial charge in [0.15, 0.2) is 5.78 Å². The summed E-state index contributed by atoms with van der Waals surface area (Å²) in [4.78, 5) is 12.5. The predicted molar refractivity (Wildman–Crippen MR) is 77.6 cm³/mol. The number of carbonyl (C=O) groups is 1. The highest BCUT2D eigenvalue weighted by Gasteiger charge is 2.81. The van der Waals surface area contributed by atoms with E-state index in [2.05, 4.69) is 5.92 Å². The Morgan fingerprint density at radius 1 is 1.25 bits per heavy atom. The fraction of sp³-hybridized carbons (Fsp3) is 0.389. The smallest absolute Gasteiger partial charge is 0.177 e. The highest BCUT2D eigenvalue weighted by molar-refractivity contribution is 6.07. The van der Waals surface area contributed by atoms with E-state index in [0.29, 0.717) is 5.57 Å². The van der Waals surface area contributed by atoms with Gasteiger partial charge in [-0.3, -0.25) is 4.79 Å². The Hall–Kier alpha value is -1.85. The minimum absolute atomic E-state index is 0.0180. The standard InChI is InChI=1S/C18H18O2/c1-5-17-14(19)12(2)11-18(20,15(17)16(17,3)4)13-9-7-6-8-10-13/h1,6-11,15,20H,2-4H3. The summed E-state index contributed by atoms with van der Waals surface area (Å²) in [7, 11) is 0. The van der Waals surface area contributed by atoms with Gasteiger partial charge in [-0.2, -0.15) is 0 Å².